The summed E-state index contributed by atoms with van der Waals surface area (Å²) in [4.78, 5) is 0. The molecule has 0 atom stereocenters. The van der Waals surface area contributed by atoms with Crippen LogP contribution in [0.25, 0.3) is 0 Å². The van der Waals surface area contributed by atoms with Crippen LogP contribution >= 0.6 is 21.6 Å². The molecular weight excluding hydrogens is 311 g/mol. The van der Waals surface area contributed by atoms with E-state index < -0.39 is 13.5 Å². The van der Waals surface area contributed by atoms with Gasteiger partial charge in [0.1, 0.15) is 0 Å². The van der Waals surface area contributed by atoms with E-state index >= 15 is 0 Å². The normalized spacial score (nSPS) is 10.7. The van der Waals surface area contributed by atoms with Gasteiger partial charge >= 0.3 is 116 Å². The van der Waals surface area contributed by atoms with Crippen LogP contribution < -0.4 is 8.70 Å². The minimum absolute atomic E-state index is 0.732. The molecule has 88 valence electrons. The Morgan fingerprint density at radius 3 is 1.71 bits per heavy atom. The average molecular weight is 325 g/mol. The van der Waals surface area contributed by atoms with E-state index in [2.05, 4.69) is 60.7 Å². The monoisotopic (exact) mass is 324 g/mol. The van der Waals surface area contributed by atoms with Crippen molar-refractivity contribution in [3.63, 3.8) is 0 Å². The molecule has 2 rings (SSSR count). The predicted molar refractivity (Wildman–Crippen MR) is 81.1 cm³/mol. The summed E-state index contributed by atoms with van der Waals surface area (Å²) in [7, 11) is 2.04. The molecule has 0 aliphatic heterocycles. The van der Waals surface area contributed by atoms with Crippen LogP contribution in [-0.4, -0.2) is 25.1 Å². The first kappa shape index (κ1) is 13.1. The molecule has 2 aromatic rings. The Morgan fingerprint density at radius 2 is 1.29 bits per heavy atom. The third-order valence-electron chi connectivity index (χ3n) is 2.28. The van der Waals surface area contributed by atoms with Gasteiger partial charge in [-0.15, -0.1) is 0 Å². The third-order valence-corrected chi connectivity index (χ3v) is 11.5. The first-order chi connectivity index (χ1) is 8.42. The summed E-state index contributed by atoms with van der Waals surface area (Å²) in [6, 6.07) is 21.6. The van der Waals surface area contributed by atoms with Crippen molar-refractivity contribution in [2.45, 2.75) is 0 Å². The summed E-state index contributed by atoms with van der Waals surface area (Å²) in [6.45, 7) is 0. The van der Waals surface area contributed by atoms with Crippen molar-refractivity contribution < 1.29 is 0 Å². The zero-order valence-electron chi connectivity index (χ0n) is 9.42. The number of rotatable bonds is 5. The molecule has 0 heterocycles. The van der Waals surface area contributed by atoms with Crippen molar-refractivity contribution in [3.05, 3.63) is 60.7 Å². The summed E-state index contributed by atoms with van der Waals surface area (Å²) in [5.41, 5.74) is 0. The number of benzene rings is 2. The number of alkyl halides is 1. The molecular formula is C14H14AsClS. The van der Waals surface area contributed by atoms with Gasteiger partial charge in [0.15, 0.2) is 0 Å². The molecule has 3 heteroatoms. The summed E-state index contributed by atoms with van der Waals surface area (Å²) in [5, 5.41) is 0. The standard InChI is InChI=1S/C14H14AsClS/c16-11-12-17-15(13-7-3-1-4-8-13)14-9-5-2-6-10-14/h1-10H,11-12H2. The fourth-order valence-electron chi connectivity index (χ4n) is 1.55. The molecule has 0 amide bonds. The van der Waals surface area contributed by atoms with E-state index in [1.54, 1.807) is 0 Å². The topological polar surface area (TPSA) is 0 Å². The average Bonchev–Trinajstić information content (AvgIpc) is 2.42. The molecule has 0 unspecified atom stereocenters. The van der Waals surface area contributed by atoms with E-state index in [1.807, 2.05) is 10.0 Å². The number of hydrogen-bond donors (Lipinski definition) is 0. The third kappa shape index (κ3) is 3.81. The minimum atomic E-state index is -1.21. The molecule has 17 heavy (non-hydrogen) atoms. The van der Waals surface area contributed by atoms with Gasteiger partial charge in [-0.1, -0.05) is 0 Å². The Labute approximate surface area is 116 Å². The van der Waals surface area contributed by atoms with Gasteiger partial charge in [0.2, 0.25) is 0 Å². The van der Waals surface area contributed by atoms with Crippen LogP contribution in [0.2, 0.25) is 0 Å². The molecule has 0 aromatic heterocycles. The maximum atomic E-state index is 5.82. The molecule has 0 spiro atoms. The molecule has 0 nitrogen and oxygen atoms in total. The maximum absolute atomic E-state index is 5.82. The fourth-order valence-corrected chi connectivity index (χ4v) is 10.4. The van der Waals surface area contributed by atoms with Gasteiger partial charge in [0.25, 0.3) is 0 Å². The van der Waals surface area contributed by atoms with Crippen LogP contribution in [-0.2, 0) is 0 Å². The van der Waals surface area contributed by atoms with E-state index in [9.17, 15) is 0 Å². The van der Waals surface area contributed by atoms with E-state index in [0.717, 1.165) is 11.6 Å². The van der Waals surface area contributed by atoms with Crippen molar-refractivity contribution in [3.8, 4) is 0 Å². The van der Waals surface area contributed by atoms with E-state index in [0.29, 0.717) is 0 Å². The van der Waals surface area contributed by atoms with Gasteiger partial charge in [-0.25, -0.2) is 0 Å². The van der Waals surface area contributed by atoms with Crippen LogP contribution in [0, 0.1) is 0 Å². The van der Waals surface area contributed by atoms with E-state index in [1.165, 1.54) is 8.70 Å². The molecule has 0 bridgehead atoms. The number of hydrogen-bond acceptors (Lipinski definition) is 1. The first-order valence-electron chi connectivity index (χ1n) is 5.51. The summed E-state index contributed by atoms with van der Waals surface area (Å²) >= 11 is 4.61. The van der Waals surface area contributed by atoms with Crippen LogP contribution in [0.3, 0.4) is 0 Å². The second-order valence-corrected chi connectivity index (χ2v) is 11.5. The number of halogens is 1. The van der Waals surface area contributed by atoms with Gasteiger partial charge in [-0.3, -0.25) is 0 Å². The predicted octanol–water partition coefficient (Wildman–Crippen LogP) is 2.76. The Kier molecular flexibility index (Phi) is 5.51. The molecule has 0 aliphatic carbocycles. The summed E-state index contributed by atoms with van der Waals surface area (Å²) in [5.74, 6) is 1.76. The summed E-state index contributed by atoms with van der Waals surface area (Å²) < 4.78 is 2.97. The Morgan fingerprint density at radius 1 is 0.824 bits per heavy atom. The van der Waals surface area contributed by atoms with E-state index in [-0.39, 0.29) is 0 Å². The van der Waals surface area contributed by atoms with Gasteiger partial charge in [0, 0.05) is 0 Å². The van der Waals surface area contributed by atoms with Gasteiger partial charge in [0.05, 0.1) is 0 Å². The summed E-state index contributed by atoms with van der Waals surface area (Å²) in [6.07, 6.45) is 0. The van der Waals surface area contributed by atoms with Gasteiger partial charge in [-0.2, -0.15) is 0 Å². The molecule has 2 aromatic carbocycles. The Bertz CT molecular complexity index is 393. The van der Waals surface area contributed by atoms with Crippen LogP contribution in [0.5, 0.6) is 0 Å². The molecule has 0 saturated carbocycles. The zero-order chi connectivity index (χ0) is 11.9. The van der Waals surface area contributed by atoms with Crippen LogP contribution in [0.15, 0.2) is 60.7 Å². The molecule has 0 aliphatic rings. The Hall–Kier alpha value is -0.362. The zero-order valence-corrected chi connectivity index (χ0v) is 12.9. The van der Waals surface area contributed by atoms with Crippen molar-refractivity contribution >= 4 is 43.8 Å². The van der Waals surface area contributed by atoms with Crippen molar-refractivity contribution in [2.75, 3.05) is 11.6 Å². The van der Waals surface area contributed by atoms with Crippen LogP contribution in [0.4, 0.5) is 0 Å². The van der Waals surface area contributed by atoms with E-state index in [4.69, 9.17) is 11.6 Å². The van der Waals surface area contributed by atoms with Crippen molar-refractivity contribution in [1.82, 2.24) is 0 Å². The molecule has 0 radical (unpaired) electrons. The molecule has 0 N–H and O–H groups in total. The second-order valence-electron chi connectivity index (χ2n) is 3.49. The van der Waals surface area contributed by atoms with Crippen molar-refractivity contribution in [1.29, 1.82) is 0 Å². The fraction of sp³-hybridized carbons (Fsp3) is 0.143. The first-order valence-corrected chi connectivity index (χ1v) is 11.2. The molecule has 0 saturated heterocycles. The Balaban J connectivity index is 2.26. The SMILES string of the molecule is ClCCS[As](c1ccccc1)c1ccccc1. The van der Waals surface area contributed by atoms with Crippen molar-refractivity contribution in [2.24, 2.45) is 0 Å². The van der Waals surface area contributed by atoms with Gasteiger partial charge < -0.3 is 0 Å². The second kappa shape index (κ2) is 7.16. The van der Waals surface area contributed by atoms with Crippen LogP contribution in [0.1, 0.15) is 0 Å². The van der Waals surface area contributed by atoms with Gasteiger partial charge in [-0.05, 0) is 0 Å². The quantitative estimate of drug-likeness (QED) is 0.602. The molecule has 0 fully saturated rings.